The Hall–Kier alpha value is -4.10. The molecule has 1 atom stereocenters. The van der Waals surface area contributed by atoms with Gasteiger partial charge in [0, 0.05) is 26.2 Å². The molecule has 0 saturated heterocycles. The number of hydrazone groups is 1. The minimum Gasteiger partial charge on any atom is -0.389 e. The predicted octanol–water partition coefficient (Wildman–Crippen LogP) is 0.741. The number of nitro groups is 1. The van der Waals surface area contributed by atoms with Gasteiger partial charge in [-0.05, 0) is 24.6 Å². The van der Waals surface area contributed by atoms with Gasteiger partial charge < -0.3 is 14.4 Å². The number of nitrogens with zero attached hydrogens (tertiary/aromatic N) is 6. The number of imidazole rings is 1. The zero-order valence-electron chi connectivity index (χ0n) is 19.0. The van der Waals surface area contributed by atoms with Gasteiger partial charge in [-0.2, -0.15) is 10.1 Å². The smallest absolute Gasteiger partial charge is 0.332 e. The minimum atomic E-state index is -0.986. The van der Waals surface area contributed by atoms with Crippen molar-refractivity contribution in [2.24, 2.45) is 19.2 Å². The van der Waals surface area contributed by atoms with E-state index >= 15 is 0 Å². The average molecular weight is 471 g/mol. The van der Waals surface area contributed by atoms with E-state index in [9.17, 15) is 24.8 Å². The summed E-state index contributed by atoms with van der Waals surface area (Å²) in [5.41, 5.74) is 2.96. The topological polar surface area (TPSA) is 159 Å². The molecule has 0 saturated carbocycles. The molecule has 2 aromatic heterocycles. The number of nitro benzene ring substituents is 1. The number of non-ortho nitro benzene ring substituents is 1. The highest BCUT2D eigenvalue weighted by Gasteiger charge is 2.21. The number of fused-ring (bicyclic) bond motifs is 1. The molecule has 34 heavy (non-hydrogen) atoms. The molecule has 0 aliphatic heterocycles. The molecule has 2 N–H and O–H groups in total. The lowest BCUT2D eigenvalue weighted by Crippen LogP contribution is -2.38. The van der Waals surface area contributed by atoms with Crippen molar-refractivity contribution in [1.29, 1.82) is 0 Å². The van der Waals surface area contributed by atoms with E-state index < -0.39 is 22.3 Å². The molecule has 0 spiro atoms. The Kier molecular flexibility index (Phi) is 7.38. The van der Waals surface area contributed by atoms with Gasteiger partial charge in [0.2, 0.25) is 5.95 Å². The quantitative estimate of drug-likeness (QED) is 0.144. The summed E-state index contributed by atoms with van der Waals surface area (Å²) < 4.78 is 8.91. The molecule has 13 nitrogen and oxygen atoms in total. The Morgan fingerprint density at radius 2 is 2.00 bits per heavy atom. The van der Waals surface area contributed by atoms with Crippen molar-refractivity contribution in [3.8, 4) is 0 Å². The Bertz CT molecular complexity index is 1370. The molecule has 0 aliphatic carbocycles. The number of rotatable bonds is 10. The third-order valence-corrected chi connectivity index (χ3v) is 5.11. The second-order valence-electron chi connectivity index (χ2n) is 7.52. The second-order valence-corrected chi connectivity index (χ2v) is 7.52. The largest absolute Gasteiger partial charge is 0.389 e. The molecule has 1 unspecified atom stereocenters. The number of aryl methyl sites for hydroxylation is 1. The zero-order chi connectivity index (χ0) is 25.0. The van der Waals surface area contributed by atoms with E-state index in [1.54, 1.807) is 25.1 Å². The van der Waals surface area contributed by atoms with Gasteiger partial charge in [0.05, 0.1) is 36.5 Å². The SMILES string of the molecule is C=CCOCC(O)Cn1c(N/N=C(/C)c2ccc([N+](=O)[O-])cc2)nc2c1c(=O)n(C)c(=O)n2C. The summed E-state index contributed by atoms with van der Waals surface area (Å²) in [6.07, 6.45) is 0.563. The first-order valence-electron chi connectivity index (χ1n) is 10.2. The highest BCUT2D eigenvalue weighted by Crippen LogP contribution is 2.17. The van der Waals surface area contributed by atoms with E-state index in [4.69, 9.17) is 4.74 Å². The number of aliphatic hydroxyl groups is 1. The fourth-order valence-electron chi connectivity index (χ4n) is 3.28. The lowest BCUT2D eigenvalue weighted by Gasteiger charge is -2.14. The van der Waals surface area contributed by atoms with Crippen molar-refractivity contribution < 1.29 is 14.8 Å². The first kappa shape index (κ1) is 24.5. The molecular weight excluding hydrogens is 446 g/mol. The molecule has 13 heteroatoms. The summed E-state index contributed by atoms with van der Waals surface area (Å²) >= 11 is 0. The van der Waals surface area contributed by atoms with Crippen LogP contribution in [0.4, 0.5) is 11.6 Å². The number of aromatic nitrogens is 4. The highest BCUT2D eigenvalue weighted by molar-refractivity contribution is 5.99. The molecule has 0 amide bonds. The molecule has 0 aliphatic rings. The average Bonchev–Trinajstić information content (AvgIpc) is 3.18. The molecule has 3 rings (SSSR count). The van der Waals surface area contributed by atoms with Crippen molar-refractivity contribution in [3.05, 3.63) is 73.4 Å². The van der Waals surface area contributed by atoms with Crippen LogP contribution in [0.3, 0.4) is 0 Å². The fraction of sp³-hybridized carbons (Fsp3) is 0.333. The molecule has 2 heterocycles. The summed E-state index contributed by atoms with van der Waals surface area (Å²) in [7, 11) is 2.84. The predicted molar refractivity (Wildman–Crippen MR) is 126 cm³/mol. The maximum absolute atomic E-state index is 12.9. The Morgan fingerprint density at radius 1 is 1.32 bits per heavy atom. The normalized spacial score (nSPS) is 12.6. The third-order valence-electron chi connectivity index (χ3n) is 5.11. The van der Waals surface area contributed by atoms with Crippen LogP contribution < -0.4 is 16.7 Å². The summed E-state index contributed by atoms with van der Waals surface area (Å²) in [5, 5.41) is 25.6. The molecule has 3 aromatic rings. The van der Waals surface area contributed by atoms with Gasteiger partial charge in [-0.25, -0.2) is 10.2 Å². The van der Waals surface area contributed by atoms with E-state index in [0.717, 1.165) is 4.57 Å². The first-order chi connectivity index (χ1) is 16.1. The minimum absolute atomic E-state index is 0.0116. The van der Waals surface area contributed by atoms with E-state index in [2.05, 4.69) is 22.1 Å². The molecule has 0 radical (unpaired) electrons. The van der Waals surface area contributed by atoms with Crippen molar-refractivity contribution in [2.45, 2.75) is 19.6 Å². The van der Waals surface area contributed by atoms with Crippen LogP contribution in [0.2, 0.25) is 0 Å². The van der Waals surface area contributed by atoms with Gasteiger partial charge in [-0.15, -0.1) is 6.58 Å². The van der Waals surface area contributed by atoms with Crippen molar-refractivity contribution in [3.63, 3.8) is 0 Å². The van der Waals surface area contributed by atoms with Crippen LogP contribution in [0.25, 0.3) is 11.2 Å². The Morgan fingerprint density at radius 3 is 2.62 bits per heavy atom. The summed E-state index contributed by atoms with van der Waals surface area (Å²) in [4.78, 5) is 39.9. The van der Waals surface area contributed by atoms with Gasteiger partial charge in [-0.3, -0.25) is 24.0 Å². The second kappa shape index (κ2) is 10.2. The van der Waals surface area contributed by atoms with Crippen LogP contribution in [-0.2, 0) is 25.4 Å². The lowest BCUT2D eigenvalue weighted by molar-refractivity contribution is -0.384. The maximum Gasteiger partial charge on any atom is 0.332 e. The molecule has 0 bridgehead atoms. The van der Waals surface area contributed by atoms with Crippen LogP contribution >= 0.6 is 0 Å². The first-order valence-corrected chi connectivity index (χ1v) is 10.2. The fourth-order valence-corrected chi connectivity index (χ4v) is 3.28. The summed E-state index contributed by atoms with van der Waals surface area (Å²) in [5.74, 6) is 0.123. The van der Waals surface area contributed by atoms with Crippen molar-refractivity contribution in [1.82, 2.24) is 18.7 Å². The summed E-state index contributed by atoms with van der Waals surface area (Å²) in [6, 6.07) is 5.84. The van der Waals surface area contributed by atoms with E-state index in [-0.39, 0.29) is 42.6 Å². The van der Waals surface area contributed by atoms with Crippen LogP contribution in [-0.4, -0.2) is 53.7 Å². The number of ether oxygens (including phenoxy) is 1. The van der Waals surface area contributed by atoms with Crippen molar-refractivity contribution >= 4 is 28.5 Å². The third kappa shape index (κ3) is 4.94. The monoisotopic (exact) mass is 471 g/mol. The Balaban J connectivity index is 2.02. The van der Waals surface area contributed by atoms with Gasteiger partial charge >= 0.3 is 5.69 Å². The van der Waals surface area contributed by atoms with Crippen LogP contribution in [0.15, 0.2) is 51.6 Å². The van der Waals surface area contributed by atoms with Crippen LogP contribution in [0, 0.1) is 10.1 Å². The molecule has 180 valence electrons. The van der Waals surface area contributed by atoms with Gasteiger partial charge in [0.15, 0.2) is 11.2 Å². The van der Waals surface area contributed by atoms with Crippen LogP contribution in [0.1, 0.15) is 12.5 Å². The standard InChI is InChI=1S/C21H25N7O6/c1-5-10-34-12-16(29)11-27-17-18(25(3)21(31)26(4)19(17)30)22-20(27)24-23-13(2)14-6-8-15(9-7-14)28(32)33/h5-9,16,29H,1,10-12H2,2-4H3,(H,22,24)/b23-13-. The molecular formula is C21H25N7O6. The summed E-state index contributed by atoms with van der Waals surface area (Å²) in [6.45, 7) is 5.42. The van der Waals surface area contributed by atoms with E-state index in [1.165, 1.54) is 35.4 Å². The molecule has 0 fully saturated rings. The van der Waals surface area contributed by atoms with Crippen molar-refractivity contribution in [2.75, 3.05) is 18.6 Å². The number of anilines is 1. The zero-order valence-corrected chi connectivity index (χ0v) is 19.0. The molecule has 1 aromatic carbocycles. The van der Waals surface area contributed by atoms with Gasteiger partial charge in [-0.1, -0.05) is 6.08 Å². The number of aliphatic hydroxyl groups excluding tert-OH is 1. The maximum atomic E-state index is 12.9. The number of hydrogen-bond acceptors (Lipinski definition) is 9. The number of benzene rings is 1. The lowest BCUT2D eigenvalue weighted by atomic mass is 10.1. The van der Waals surface area contributed by atoms with Crippen LogP contribution in [0.5, 0.6) is 0 Å². The highest BCUT2D eigenvalue weighted by atomic mass is 16.6. The Labute approximate surface area is 193 Å². The van der Waals surface area contributed by atoms with E-state index in [0.29, 0.717) is 11.3 Å². The van der Waals surface area contributed by atoms with Gasteiger partial charge in [0.25, 0.3) is 11.2 Å². The van der Waals surface area contributed by atoms with E-state index in [1.807, 2.05) is 0 Å². The number of hydrogen-bond donors (Lipinski definition) is 2. The van der Waals surface area contributed by atoms with Gasteiger partial charge in [0.1, 0.15) is 0 Å². The number of nitrogens with one attached hydrogen (secondary N) is 1.